The van der Waals surface area contributed by atoms with Gasteiger partial charge in [0.25, 0.3) is 0 Å². The van der Waals surface area contributed by atoms with Crippen molar-refractivity contribution >= 4 is 5.78 Å². The number of hydrogen-bond donors (Lipinski definition) is 0. The van der Waals surface area contributed by atoms with E-state index >= 15 is 0 Å². The van der Waals surface area contributed by atoms with Gasteiger partial charge >= 0.3 is 0 Å². The molecule has 0 heterocycles. The molecule has 0 aliphatic carbocycles. The molecule has 0 fully saturated rings. The van der Waals surface area contributed by atoms with Crippen LogP contribution in [0.2, 0.25) is 0 Å². The van der Waals surface area contributed by atoms with Gasteiger partial charge in [-0.25, -0.2) is 0 Å². The van der Waals surface area contributed by atoms with Crippen LogP contribution in [0.25, 0.3) is 0 Å². The zero-order valence-electron chi connectivity index (χ0n) is 6.40. The maximum atomic E-state index is 10.9. The lowest BCUT2D eigenvalue weighted by Crippen LogP contribution is -2.02. The molecule has 0 aromatic rings. The van der Waals surface area contributed by atoms with Crippen LogP contribution in [-0.4, -0.2) is 5.78 Å². The van der Waals surface area contributed by atoms with Crippen molar-refractivity contribution in [2.45, 2.75) is 27.2 Å². The molecule has 0 N–H and O–H groups in total. The van der Waals surface area contributed by atoms with E-state index in [0.29, 0.717) is 17.9 Å². The first kappa shape index (κ1) is 8.41. The summed E-state index contributed by atoms with van der Waals surface area (Å²) < 4.78 is 0. The first-order chi connectivity index (χ1) is 4.04. The summed E-state index contributed by atoms with van der Waals surface area (Å²) in [5.74, 6) is 0.638. The van der Waals surface area contributed by atoms with Crippen molar-refractivity contribution in [3.63, 3.8) is 0 Å². The minimum Gasteiger partial charge on any atom is -0.295 e. The highest BCUT2D eigenvalue weighted by atomic mass is 16.1. The summed E-state index contributed by atoms with van der Waals surface area (Å²) in [5, 5.41) is 0. The second kappa shape index (κ2) is 3.44. The van der Waals surface area contributed by atoms with E-state index in [1.165, 1.54) is 0 Å². The number of carbonyl (C=O) groups excluding carboxylic acids is 1. The Balaban J connectivity index is 3.65. The van der Waals surface area contributed by atoms with Gasteiger partial charge in [-0.3, -0.25) is 4.79 Å². The SMILES string of the molecule is C=C(C)C(=O)CC(C)C. The van der Waals surface area contributed by atoms with Crippen molar-refractivity contribution in [2.75, 3.05) is 0 Å². The molecule has 1 nitrogen and oxygen atoms in total. The lowest BCUT2D eigenvalue weighted by Gasteiger charge is -2.00. The minimum absolute atomic E-state index is 0.185. The second-order valence-corrected chi connectivity index (χ2v) is 2.80. The predicted molar refractivity (Wildman–Crippen MR) is 39.3 cm³/mol. The number of allylic oxidation sites excluding steroid dienone is 1. The van der Waals surface area contributed by atoms with Crippen molar-refractivity contribution in [3.05, 3.63) is 12.2 Å². The lowest BCUT2D eigenvalue weighted by atomic mass is 10.0. The van der Waals surface area contributed by atoms with E-state index in [9.17, 15) is 4.79 Å². The van der Waals surface area contributed by atoms with Crippen LogP contribution in [0.15, 0.2) is 12.2 Å². The van der Waals surface area contributed by atoms with Gasteiger partial charge in [-0.15, -0.1) is 0 Å². The van der Waals surface area contributed by atoms with E-state index in [1.807, 2.05) is 13.8 Å². The third-order valence-corrected chi connectivity index (χ3v) is 1.07. The highest BCUT2D eigenvalue weighted by molar-refractivity contribution is 5.94. The molecule has 0 rings (SSSR count). The standard InChI is InChI=1S/C8H14O/c1-6(2)5-8(9)7(3)4/h6H,3,5H2,1-2,4H3. The van der Waals surface area contributed by atoms with Crippen LogP contribution in [-0.2, 0) is 4.79 Å². The molecule has 0 aromatic carbocycles. The molecular weight excluding hydrogens is 112 g/mol. The summed E-state index contributed by atoms with van der Waals surface area (Å²) in [5.41, 5.74) is 0.670. The van der Waals surface area contributed by atoms with Gasteiger partial charge in [0.05, 0.1) is 0 Å². The first-order valence-electron chi connectivity index (χ1n) is 3.22. The van der Waals surface area contributed by atoms with E-state index in [-0.39, 0.29) is 5.78 Å². The summed E-state index contributed by atoms with van der Waals surface area (Å²) in [7, 11) is 0. The summed E-state index contributed by atoms with van der Waals surface area (Å²) in [6.45, 7) is 9.37. The van der Waals surface area contributed by atoms with Crippen molar-refractivity contribution in [1.29, 1.82) is 0 Å². The molecule has 0 amide bonds. The van der Waals surface area contributed by atoms with Gasteiger partial charge in [-0.1, -0.05) is 20.4 Å². The van der Waals surface area contributed by atoms with Crippen LogP contribution in [0.3, 0.4) is 0 Å². The van der Waals surface area contributed by atoms with Gasteiger partial charge in [-0.2, -0.15) is 0 Å². The summed E-state index contributed by atoms with van der Waals surface area (Å²) in [6, 6.07) is 0. The molecule has 0 aliphatic rings. The molecule has 0 spiro atoms. The van der Waals surface area contributed by atoms with Crippen molar-refractivity contribution in [2.24, 2.45) is 5.92 Å². The molecule has 0 unspecified atom stereocenters. The molecule has 0 bridgehead atoms. The van der Waals surface area contributed by atoms with E-state index in [2.05, 4.69) is 6.58 Å². The Morgan fingerprint density at radius 3 is 2.11 bits per heavy atom. The summed E-state index contributed by atoms with van der Waals surface area (Å²) in [6.07, 6.45) is 0.634. The number of ketones is 1. The Hall–Kier alpha value is -0.590. The molecule has 0 atom stereocenters. The maximum absolute atomic E-state index is 10.9. The van der Waals surface area contributed by atoms with Gasteiger partial charge in [0.2, 0.25) is 0 Å². The Morgan fingerprint density at radius 2 is 2.00 bits per heavy atom. The molecule has 0 saturated heterocycles. The van der Waals surface area contributed by atoms with E-state index in [4.69, 9.17) is 0 Å². The Bertz CT molecular complexity index is 123. The normalized spacial score (nSPS) is 9.78. The van der Waals surface area contributed by atoms with Crippen LogP contribution < -0.4 is 0 Å². The average Bonchev–Trinajstić information content (AvgIpc) is 1.63. The summed E-state index contributed by atoms with van der Waals surface area (Å²) in [4.78, 5) is 10.9. The van der Waals surface area contributed by atoms with Crippen LogP contribution in [0.1, 0.15) is 27.2 Å². The van der Waals surface area contributed by atoms with Gasteiger partial charge in [0.15, 0.2) is 5.78 Å². The maximum Gasteiger partial charge on any atom is 0.158 e. The number of Topliss-reactive ketones (excluding diaryl/α,β-unsaturated/α-hetero) is 1. The smallest absolute Gasteiger partial charge is 0.158 e. The quantitative estimate of drug-likeness (QED) is 0.530. The van der Waals surface area contributed by atoms with Crippen molar-refractivity contribution < 1.29 is 4.79 Å². The van der Waals surface area contributed by atoms with Crippen LogP contribution in [0.5, 0.6) is 0 Å². The summed E-state index contributed by atoms with van der Waals surface area (Å²) >= 11 is 0. The third-order valence-electron chi connectivity index (χ3n) is 1.07. The Morgan fingerprint density at radius 1 is 1.56 bits per heavy atom. The number of hydrogen-bond acceptors (Lipinski definition) is 1. The fraction of sp³-hybridized carbons (Fsp3) is 0.625. The highest BCUT2D eigenvalue weighted by Gasteiger charge is 2.03. The highest BCUT2D eigenvalue weighted by Crippen LogP contribution is 2.04. The molecule has 0 aliphatic heterocycles. The monoisotopic (exact) mass is 126 g/mol. The van der Waals surface area contributed by atoms with E-state index < -0.39 is 0 Å². The van der Waals surface area contributed by atoms with Crippen LogP contribution in [0, 0.1) is 5.92 Å². The van der Waals surface area contributed by atoms with Gasteiger partial charge in [0.1, 0.15) is 0 Å². The van der Waals surface area contributed by atoms with Gasteiger partial charge < -0.3 is 0 Å². The fourth-order valence-electron chi connectivity index (χ4n) is 0.545. The Kier molecular flexibility index (Phi) is 3.21. The number of rotatable bonds is 3. The molecule has 52 valence electrons. The number of carbonyl (C=O) groups is 1. The Labute approximate surface area is 56.8 Å². The predicted octanol–water partition coefficient (Wildman–Crippen LogP) is 2.18. The van der Waals surface area contributed by atoms with Gasteiger partial charge in [-0.05, 0) is 18.4 Å². The van der Waals surface area contributed by atoms with Crippen LogP contribution in [0.4, 0.5) is 0 Å². The molecule has 0 saturated carbocycles. The second-order valence-electron chi connectivity index (χ2n) is 2.80. The van der Waals surface area contributed by atoms with Crippen molar-refractivity contribution in [1.82, 2.24) is 0 Å². The first-order valence-corrected chi connectivity index (χ1v) is 3.22. The topological polar surface area (TPSA) is 17.1 Å². The average molecular weight is 126 g/mol. The molecule has 0 radical (unpaired) electrons. The van der Waals surface area contributed by atoms with Gasteiger partial charge in [0, 0.05) is 6.42 Å². The van der Waals surface area contributed by atoms with E-state index in [1.54, 1.807) is 6.92 Å². The third kappa shape index (κ3) is 3.95. The lowest BCUT2D eigenvalue weighted by molar-refractivity contribution is -0.116. The molecular formula is C8H14O. The zero-order valence-corrected chi connectivity index (χ0v) is 6.40. The molecule has 0 aromatic heterocycles. The molecule has 1 heteroatoms. The zero-order chi connectivity index (χ0) is 7.44. The van der Waals surface area contributed by atoms with Crippen molar-refractivity contribution in [3.8, 4) is 0 Å². The molecule has 9 heavy (non-hydrogen) atoms. The largest absolute Gasteiger partial charge is 0.295 e. The minimum atomic E-state index is 0.185. The fourth-order valence-corrected chi connectivity index (χ4v) is 0.545. The van der Waals surface area contributed by atoms with Crippen LogP contribution >= 0.6 is 0 Å². The van der Waals surface area contributed by atoms with E-state index in [0.717, 1.165) is 0 Å².